The number of carbonyl (C=O) groups is 1. The summed E-state index contributed by atoms with van der Waals surface area (Å²) in [6.07, 6.45) is -4.65. The second-order valence-corrected chi connectivity index (χ2v) is 1.75. The quantitative estimate of drug-likeness (QED) is 0.450. The minimum Gasteiger partial charge on any atom is -0.278 e. The summed E-state index contributed by atoms with van der Waals surface area (Å²) in [5.41, 5.74) is 0. The van der Waals surface area contributed by atoms with E-state index in [1.165, 1.54) is 0 Å². The van der Waals surface area contributed by atoms with Crippen LogP contribution in [0.4, 0.5) is 13.2 Å². The lowest BCUT2D eigenvalue weighted by atomic mass is 10.8. The lowest BCUT2D eigenvalue weighted by Gasteiger charge is -1.94. The monoisotopic (exact) mass is 224 g/mol. The van der Waals surface area contributed by atoms with Gasteiger partial charge in [-0.25, -0.2) is 0 Å². The first-order valence-corrected chi connectivity index (χ1v) is 2.29. The Bertz CT molecular complexity index is 85.4. The molecule has 5 heteroatoms. The Morgan fingerprint density at radius 2 is 1.57 bits per heavy atom. The van der Waals surface area contributed by atoms with E-state index < -0.39 is 9.97 Å². The Kier molecular flexibility index (Phi) is 2.03. The highest BCUT2D eigenvalue weighted by Gasteiger charge is 2.35. The summed E-state index contributed by atoms with van der Waals surface area (Å²) in [5, 5.41) is 0. The fourth-order valence-corrected chi connectivity index (χ4v) is 0. The van der Waals surface area contributed by atoms with Crippen molar-refractivity contribution in [2.45, 2.75) is 6.18 Å². The van der Waals surface area contributed by atoms with Crippen molar-refractivity contribution in [1.82, 2.24) is 0 Å². The van der Waals surface area contributed by atoms with Crippen molar-refractivity contribution < 1.29 is 18.0 Å². The van der Waals surface area contributed by atoms with E-state index in [0.717, 1.165) is 0 Å². The van der Waals surface area contributed by atoms with Crippen molar-refractivity contribution in [3.8, 4) is 0 Å². The Morgan fingerprint density at radius 1 is 1.43 bits per heavy atom. The van der Waals surface area contributed by atoms with Crippen LogP contribution in [0.3, 0.4) is 0 Å². The molecule has 0 saturated heterocycles. The molecule has 0 aromatic heterocycles. The molecule has 42 valence electrons. The average molecular weight is 224 g/mol. The zero-order valence-corrected chi connectivity index (χ0v) is 5.08. The molecule has 0 rings (SSSR count). The topological polar surface area (TPSA) is 17.1 Å². The van der Waals surface area contributed by atoms with Gasteiger partial charge in [0.05, 0.1) is 0 Å². The highest BCUT2D eigenvalue weighted by atomic mass is 127. The third-order valence-corrected chi connectivity index (χ3v) is 0.834. The van der Waals surface area contributed by atoms with E-state index in [-0.39, 0.29) is 0 Å². The summed E-state index contributed by atoms with van der Waals surface area (Å²) in [5.74, 6) is 0. The maximum Gasteiger partial charge on any atom is 0.460 e. The van der Waals surface area contributed by atoms with Crippen LogP contribution < -0.4 is 0 Å². The Hall–Kier alpha value is 0.190. The first kappa shape index (κ1) is 7.19. The molecule has 0 N–H and O–H groups in total. The Morgan fingerprint density at radius 3 is 1.57 bits per heavy atom. The van der Waals surface area contributed by atoms with Crippen molar-refractivity contribution in [2.24, 2.45) is 0 Å². The molecular formula is C2F3IO. The fraction of sp³-hybridized carbons (Fsp3) is 0.500. The van der Waals surface area contributed by atoms with E-state index in [4.69, 9.17) is 0 Å². The van der Waals surface area contributed by atoms with Crippen LogP contribution in [0.15, 0.2) is 0 Å². The number of alkyl halides is 3. The number of halogens is 4. The molecule has 0 radical (unpaired) electrons. The molecule has 0 atom stereocenters. The lowest BCUT2D eigenvalue weighted by Crippen LogP contribution is -2.15. The van der Waals surface area contributed by atoms with E-state index >= 15 is 0 Å². The van der Waals surface area contributed by atoms with Crippen LogP contribution in [0.2, 0.25) is 0 Å². The molecule has 0 aromatic rings. The number of hydrogen-bond acceptors (Lipinski definition) is 1. The summed E-state index contributed by atoms with van der Waals surface area (Å²) >= 11 is 0.685. The van der Waals surface area contributed by atoms with E-state index in [0.29, 0.717) is 22.6 Å². The van der Waals surface area contributed by atoms with Crippen LogP contribution in [0, 0.1) is 0 Å². The normalized spacial score (nSPS) is 11.4. The molecule has 1 nitrogen and oxygen atoms in total. The van der Waals surface area contributed by atoms with Crippen LogP contribution in [-0.2, 0) is 4.79 Å². The van der Waals surface area contributed by atoms with Gasteiger partial charge in [0.2, 0.25) is 0 Å². The second kappa shape index (κ2) is 1.97. The van der Waals surface area contributed by atoms with Crippen molar-refractivity contribution >= 4 is 26.4 Å². The zero-order chi connectivity index (χ0) is 6.08. The van der Waals surface area contributed by atoms with E-state index in [2.05, 4.69) is 0 Å². The lowest BCUT2D eigenvalue weighted by molar-refractivity contribution is -0.158. The summed E-state index contributed by atoms with van der Waals surface area (Å²) in [7, 11) is 0. The van der Waals surface area contributed by atoms with E-state index in [1.54, 1.807) is 0 Å². The largest absolute Gasteiger partial charge is 0.460 e. The van der Waals surface area contributed by atoms with Crippen molar-refractivity contribution in [2.75, 3.05) is 0 Å². The van der Waals surface area contributed by atoms with E-state index in [1.807, 2.05) is 0 Å². The molecule has 0 heterocycles. The van der Waals surface area contributed by atoms with Gasteiger partial charge in [-0.2, -0.15) is 13.2 Å². The molecule has 0 fully saturated rings. The van der Waals surface area contributed by atoms with Crippen LogP contribution in [0.1, 0.15) is 0 Å². The zero-order valence-electron chi connectivity index (χ0n) is 2.92. The summed E-state index contributed by atoms with van der Waals surface area (Å²) in [6.45, 7) is 0. The first-order chi connectivity index (χ1) is 2.94. The molecule has 0 aliphatic rings. The molecule has 0 aromatic carbocycles. The number of hydrogen-bond donors (Lipinski definition) is 0. The SMILES string of the molecule is O=C(I)C(F)(F)F. The number of carbonyl (C=O) groups excluding carboxylic acids is 1. The highest BCUT2D eigenvalue weighted by molar-refractivity contribution is 14.1. The standard InChI is InChI=1S/C2F3IO/c3-2(4,5)1(6)7. The molecule has 0 saturated carbocycles. The summed E-state index contributed by atoms with van der Waals surface area (Å²) in [6, 6.07) is 0. The molecule has 0 aliphatic heterocycles. The summed E-state index contributed by atoms with van der Waals surface area (Å²) < 4.78 is 30.7. The fourth-order valence-electron chi connectivity index (χ4n) is 0. The van der Waals surface area contributed by atoms with Crippen LogP contribution in [0.25, 0.3) is 0 Å². The van der Waals surface area contributed by atoms with Gasteiger partial charge in [0.15, 0.2) is 0 Å². The van der Waals surface area contributed by atoms with Gasteiger partial charge in [-0.3, -0.25) is 4.79 Å². The third-order valence-electron chi connectivity index (χ3n) is 0.223. The predicted octanol–water partition coefficient (Wildman–Crippen LogP) is 1.51. The van der Waals surface area contributed by atoms with Gasteiger partial charge in [-0.1, -0.05) is 0 Å². The Balaban J connectivity index is 3.79. The van der Waals surface area contributed by atoms with Crippen LogP contribution in [-0.4, -0.2) is 9.97 Å². The predicted molar refractivity (Wildman–Crippen MR) is 25.1 cm³/mol. The van der Waals surface area contributed by atoms with Gasteiger partial charge in [-0.15, -0.1) is 0 Å². The van der Waals surface area contributed by atoms with Gasteiger partial charge in [0.1, 0.15) is 0 Å². The molecule has 0 spiro atoms. The molecule has 0 amide bonds. The minimum absolute atomic E-state index is 0.685. The van der Waals surface area contributed by atoms with Gasteiger partial charge >= 0.3 is 6.18 Å². The van der Waals surface area contributed by atoms with Crippen molar-refractivity contribution in [1.29, 1.82) is 0 Å². The smallest absolute Gasteiger partial charge is 0.278 e. The van der Waals surface area contributed by atoms with Crippen molar-refractivity contribution in [3.63, 3.8) is 0 Å². The molecule has 0 aliphatic carbocycles. The molecule has 7 heavy (non-hydrogen) atoms. The molecule has 0 unspecified atom stereocenters. The van der Waals surface area contributed by atoms with Gasteiger partial charge in [0, 0.05) is 22.6 Å². The van der Waals surface area contributed by atoms with Crippen LogP contribution >= 0.6 is 22.6 Å². The first-order valence-electron chi connectivity index (χ1n) is 1.21. The minimum atomic E-state index is -4.65. The number of rotatable bonds is 0. The van der Waals surface area contributed by atoms with Gasteiger partial charge in [0.25, 0.3) is 3.79 Å². The highest BCUT2D eigenvalue weighted by Crippen LogP contribution is 2.18. The summed E-state index contributed by atoms with van der Waals surface area (Å²) in [4.78, 5) is 9.33. The Labute approximate surface area is 51.0 Å². The third kappa shape index (κ3) is 2.84. The maximum atomic E-state index is 10.8. The van der Waals surface area contributed by atoms with Gasteiger partial charge < -0.3 is 0 Å². The van der Waals surface area contributed by atoms with Crippen molar-refractivity contribution in [3.05, 3.63) is 0 Å². The van der Waals surface area contributed by atoms with Crippen LogP contribution in [0.5, 0.6) is 0 Å². The molecular weight excluding hydrogens is 224 g/mol. The molecule has 0 bridgehead atoms. The average Bonchev–Trinajstić information content (AvgIpc) is 1.31. The van der Waals surface area contributed by atoms with E-state index in [9.17, 15) is 18.0 Å². The maximum absolute atomic E-state index is 10.8. The van der Waals surface area contributed by atoms with Gasteiger partial charge in [-0.05, 0) is 0 Å². The second-order valence-electron chi connectivity index (χ2n) is 0.771.